The zero-order valence-electron chi connectivity index (χ0n) is 8.74. The minimum absolute atomic E-state index is 1.07. The SMILES string of the molecule is CCSc1nc2ccc(C)cc2n1C. The number of imidazole rings is 1. The molecule has 0 saturated carbocycles. The molecule has 0 spiro atoms. The number of aryl methyl sites for hydroxylation is 2. The van der Waals surface area contributed by atoms with Crippen molar-refractivity contribution in [3.05, 3.63) is 23.8 Å². The van der Waals surface area contributed by atoms with Gasteiger partial charge in [0.1, 0.15) is 0 Å². The third kappa shape index (κ3) is 1.52. The fourth-order valence-corrected chi connectivity index (χ4v) is 2.25. The maximum absolute atomic E-state index is 4.57. The summed E-state index contributed by atoms with van der Waals surface area (Å²) >= 11 is 1.79. The minimum Gasteiger partial charge on any atom is -0.322 e. The number of hydrogen-bond donors (Lipinski definition) is 0. The van der Waals surface area contributed by atoms with E-state index >= 15 is 0 Å². The van der Waals surface area contributed by atoms with Crippen LogP contribution in [0.25, 0.3) is 11.0 Å². The van der Waals surface area contributed by atoms with Crippen molar-refractivity contribution in [2.75, 3.05) is 5.75 Å². The van der Waals surface area contributed by atoms with Gasteiger partial charge in [-0.25, -0.2) is 4.98 Å². The Hall–Kier alpha value is -0.960. The number of fused-ring (bicyclic) bond motifs is 1. The van der Waals surface area contributed by atoms with Gasteiger partial charge in [0.05, 0.1) is 11.0 Å². The molecule has 0 saturated heterocycles. The first-order valence-corrected chi connectivity index (χ1v) is 5.77. The van der Waals surface area contributed by atoms with Crippen LogP contribution < -0.4 is 0 Å². The van der Waals surface area contributed by atoms with E-state index in [1.807, 2.05) is 0 Å². The predicted molar refractivity (Wildman–Crippen MR) is 61.8 cm³/mol. The normalized spacial score (nSPS) is 11.1. The Kier molecular flexibility index (Phi) is 2.50. The lowest BCUT2D eigenvalue weighted by atomic mass is 10.2. The van der Waals surface area contributed by atoms with Crippen molar-refractivity contribution in [3.8, 4) is 0 Å². The summed E-state index contributed by atoms with van der Waals surface area (Å²) in [5, 5.41) is 1.10. The summed E-state index contributed by atoms with van der Waals surface area (Å²) < 4.78 is 2.16. The maximum atomic E-state index is 4.57. The van der Waals surface area contributed by atoms with E-state index in [0.29, 0.717) is 0 Å². The summed E-state index contributed by atoms with van der Waals surface area (Å²) in [5.41, 5.74) is 3.60. The number of thioether (sulfide) groups is 1. The van der Waals surface area contributed by atoms with Gasteiger partial charge in [0.25, 0.3) is 0 Å². The Balaban J connectivity index is 2.62. The topological polar surface area (TPSA) is 17.8 Å². The van der Waals surface area contributed by atoms with Crippen molar-refractivity contribution in [2.45, 2.75) is 19.0 Å². The molecular formula is C11H14N2S. The Morgan fingerprint density at radius 1 is 1.43 bits per heavy atom. The largest absolute Gasteiger partial charge is 0.322 e. The van der Waals surface area contributed by atoms with Crippen LogP contribution in [0, 0.1) is 6.92 Å². The molecule has 0 atom stereocenters. The van der Waals surface area contributed by atoms with Crippen LogP contribution in [0.5, 0.6) is 0 Å². The monoisotopic (exact) mass is 206 g/mol. The Labute approximate surface area is 88.3 Å². The van der Waals surface area contributed by atoms with Crippen molar-refractivity contribution < 1.29 is 0 Å². The zero-order chi connectivity index (χ0) is 10.1. The van der Waals surface area contributed by atoms with E-state index < -0.39 is 0 Å². The van der Waals surface area contributed by atoms with E-state index in [1.165, 1.54) is 11.1 Å². The van der Waals surface area contributed by atoms with Crippen LogP contribution in [0.4, 0.5) is 0 Å². The number of nitrogens with zero attached hydrogens (tertiary/aromatic N) is 2. The van der Waals surface area contributed by atoms with Gasteiger partial charge in [0.15, 0.2) is 5.16 Å². The van der Waals surface area contributed by atoms with Gasteiger partial charge in [-0.05, 0) is 30.4 Å². The highest BCUT2D eigenvalue weighted by Gasteiger charge is 2.06. The second-order valence-electron chi connectivity index (χ2n) is 3.38. The lowest BCUT2D eigenvalue weighted by Gasteiger charge is -1.99. The summed E-state index contributed by atoms with van der Waals surface area (Å²) in [4.78, 5) is 4.57. The number of benzene rings is 1. The lowest BCUT2D eigenvalue weighted by Crippen LogP contribution is -1.90. The second kappa shape index (κ2) is 3.65. The van der Waals surface area contributed by atoms with Gasteiger partial charge in [0, 0.05) is 7.05 Å². The molecule has 1 heterocycles. The second-order valence-corrected chi connectivity index (χ2v) is 4.61. The van der Waals surface area contributed by atoms with Gasteiger partial charge in [-0.3, -0.25) is 0 Å². The third-order valence-corrected chi connectivity index (χ3v) is 3.18. The minimum atomic E-state index is 1.07. The molecule has 2 aromatic rings. The summed E-state index contributed by atoms with van der Waals surface area (Å²) in [6.45, 7) is 4.26. The fourth-order valence-electron chi connectivity index (χ4n) is 1.54. The van der Waals surface area contributed by atoms with E-state index in [0.717, 1.165) is 16.4 Å². The van der Waals surface area contributed by atoms with E-state index in [9.17, 15) is 0 Å². The standard InChI is InChI=1S/C11H14N2S/c1-4-14-11-12-9-6-5-8(2)7-10(9)13(11)3/h5-7H,4H2,1-3H3. The third-order valence-electron chi connectivity index (χ3n) is 2.27. The van der Waals surface area contributed by atoms with Crippen molar-refractivity contribution in [1.29, 1.82) is 0 Å². The maximum Gasteiger partial charge on any atom is 0.168 e. The van der Waals surface area contributed by atoms with Gasteiger partial charge in [-0.15, -0.1) is 0 Å². The van der Waals surface area contributed by atoms with Crippen LogP contribution >= 0.6 is 11.8 Å². The van der Waals surface area contributed by atoms with Crippen LogP contribution in [-0.2, 0) is 7.05 Å². The van der Waals surface area contributed by atoms with Crippen LogP contribution in [-0.4, -0.2) is 15.3 Å². The molecule has 0 radical (unpaired) electrons. The van der Waals surface area contributed by atoms with Crippen molar-refractivity contribution in [1.82, 2.24) is 9.55 Å². The first kappa shape index (κ1) is 9.59. The Morgan fingerprint density at radius 2 is 2.21 bits per heavy atom. The van der Waals surface area contributed by atoms with Crippen molar-refractivity contribution >= 4 is 22.8 Å². The molecule has 0 aliphatic heterocycles. The number of rotatable bonds is 2. The average molecular weight is 206 g/mol. The molecule has 0 aliphatic rings. The molecule has 2 rings (SSSR count). The molecule has 0 aliphatic carbocycles. The molecule has 0 unspecified atom stereocenters. The first-order valence-electron chi connectivity index (χ1n) is 4.78. The molecule has 0 fully saturated rings. The molecule has 74 valence electrons. The van der Waals surface area contributed by atoms with Crippen molar-refractivity contribution in [2.24, 2.45) is 7.05 Å². The first-order chi connectivity index (χ1) is 6.72. The quantitative estimate of drug-likeness (QED) is 0.703. The zero-order valence-corrected chi connectivity index (χ0v) is 9.56. The van der Waals surface area contributed by atoms with Crippen LogP contribution in [0.3, 0.4) is 0 Å². The molecule has 0 amide bonds. The number of hydrogen-bond acceptors (Lipinski definition) is 2. The van der Waals surface area contributed by atoms with E-state index in [4.69, 9.17) is 0 Å². The van der Waals surface area contributed by atoms with Gasteiger partial charge in [0.2, 0.25) is 0 Å². The van der Waals surface area contributed by atoms with Crippen molar-refractivity contribution in [3.63, 3.8) is 0 Å². The average Bonchev–Trinajstić information content (AvgIpc) is 2.46. The Bertz CT molecular complexity index is 460. The fraction of sp³-hybridized carbons (Fsp3) is 0.364. The predicted octanol–water partition coefficient (Wildman–Crippen LogP) is 2.99. The van der Waals surface area contributed by atoms with Gasteiger partial charge in [-0.1, -0.05) is 24.8 Å². The van der Waals surface area contributed by atoms with Crippen LogP contribution in [0.2, 0.25) is 0 Å². The Morgan fingerprint density at radius 3 is 2.93 bits per heavy atom. The van der Waals surface area contributed by atoms with E-state index in [1.54, 1.807) is 11.8 Å². The van der Waals surface area contributed by atoms with Gasteiger partial charge >= 0.3 is 0 Å². The lowest BCUT2D eigenvalue weighted by molar-refractivity contribution is 0.815. The number of aromatic nitrogens is 2. The summed E-state index contributed by atoms with van der Waals surface area (Å²) in [7, 11) is 2.08. The summed E-state index contributed by atoms with van der Waals surface area (Å²) in [6.07, 6.45) is 0. The molecule has 14 heavy (non-hydrogen) atoms. The highest BCUT2D eigenvalue weighted by atomic mass is 32.2. The van der Waals surface area contributed by atoms with E-state index in [-0.39, 0.29) is 0 Å². The molecule has 1 aromatic carbocycles. The molecular weight excluding hydrogens is 192 g/mol. The summed E-state index contributed by atoms with van der Waals surface area (Å²) in [5.74, 6) is 1.07. The highest BCUT2D eigenvalue weighted by Crippen LogP contribution is 2.22. The highest BCUT2D eigenvalue weighted by molar-refractivity contribution is 7.99. The van der Waals surface area contributed by atoms with Gasteiger partial charge < -0.3 is 4.57 Å². The van der Waals surface area contributed by atoms with E-state index in [2.05, 4.69) is 48.6 Å². The molecule has 1 aromatic heterocycles. The van der Waals surface area contributed by atoms with Gasteiger partial charge in [-0.2, -0.15) is 0 Å². The van der Waals surface area contributed by atoms with Crippen LogP contribution in [0.15, 0.2) is 23.4 Å². The molecule has 0 bridgehead atoms. The molecule has 2 nitrogen and oxygen atoms in total. The van der Waals surface area contributed by atoms with Crippen LogP contribution in [0.1, 0.15) is 12.5 Å². The smallest absolute Gasteiger partial charge is 0.168 e. The molecule has 0 N–H and O–H groups in total. The summed E-state index contributed by atoms with van der Waals surface area (Å²) in [6, 6.07) is 6.38. The molecule has 3 heteroatoms.